The number of nitrogens with zero attached hydrogens (tertiary/aromatic N) is 1. The number of ether oxygens (including phenoxy) is 1. The number of aryl methyl sites for hydroxylation is 1. The van der Waals surface area contributed by atoms with Crippen LogP contribution in [-0.2, 0) is 6.42 Å². The first-order valence-electron chi connectivity index (χ1n) is 5.93. The number of methoxy groups -OCH3 is 1. The van der Waals surface area contributed by atoms with Gasteiger partial charge in [-0.3, -0.25) is 0 Å². The Labute approximate surface area is 107 Å². The molecule has 94 valence electrons. The van der Waals surface area contributed by atoms with E-state index in [1.54, 1.807) is 19.4 Å². The highest BCUT2D eigenvalue weighted by Gasteiger charge is 2.10. The van der Waals surface area contributed by atoms with Crippen molar-refractivity contribution in [2.24, 2.45) is 0 Å². The lowest BCUT2D eigenvalue weighted by atomic mass is 9.99. The average molecular weight is 243 g/mol. The van der Waals surface area contributed by atoms with Gasteiger partial charge in [0.25, 0.3) is 0 Å². The van der Waals surface area contributed by atoms with Gasteiger partial charge in [-0.05, 0) is 29.7 Å². The minimum atomic E-state index is -0.537. The third-order valence-corrected chi connectivity index (χ3v) is 3.03. The monoisotopic (exact) mass is 243 g/mol. The molecule has 1 atom stereocenters. The Morgan fingerprint density at radius 3 is 2.61 bits per heavy atom. The summed E-state index contributed by atoms with van der Waals surface area (Å²) in [5.74, 6) is 0.557. The van der Waals surface area contributed by atoms with Crippen LogP contribution < -0.4 is 4.74 Å². The Morgan fingerprint density at radius 2 is 2.00 bits per heavy atom. The van der Waals surface area contributed by atoms with Crippen LogP contribution in [0, 0.1) is 6.92 Å². The van der Waals surface area contributed by atoms with E-state index in [1.165, 1.54) is 5.56 Å². The molecule has 1 heterocycles. The quantitative estimate of drug-likeness (QED) is 0.897. The van der Waals surface area contributed by atoms with E-state index in [1.807, 2.05) is 37.3 Å². The highest BCUT2D eigenvalue weighted by atomic mass is 16.5. The number of benzene rings is 1. The summed E-state index contributed by atoms with van der Waals surface area (Å²) in [5, 5.41) is 10.2. The van der Waals surface area contributed by atoms with E-state index in [2.05, 4.69) is 4.98 Å². The Morgan fingerprint density at radius 1 is 1.22 bits per heavy atom. The van der Waals surface area contributed by atoms with Gasteiger partial charge in [0.15, 0.2) is 0 Å². The van der Waals surface area contributed by atoms with E-state index in [0.717, 1.165) is 11.1 Å². The van der Waals surface area contributed by atoms with E-state index >= 15 is 0 Å². The van der Waals surface area contributed by atoms with Crippen LogP contribution in [0.4, 0.5) is 0 Å². The van der Waals surface area contributed by atoms with E-state index in [4.69, 9.17) is 4.74 Å². The highest BCUT2D eigenvalue weighted by molar-refractivity contribution is 5.28. The number of rotatable bonds is 4. The molecule has 0 radical (unpaired) electrons. The summed E-state index contributed by atoms with van der Waals surface area (Å²) < 4.78 is 4.99. The van der Waals surface area contributed by atoms with Crippen LogP contribution >= 0.6 is 0 Å². The molecule has 1 aromatic carbocycles. The Hall–Kier alpha value is -1.87. The number of hydrogen-bond donors (Lipinski definition) is 1. The maximum absolute atomic E-state index is 10.2. The second kappa shape index (κ2) is 5.65. The third-order valence-electron chi connectivity index (χ3n) is 3.03. The molecule has 3 heteroatoms. The summed E-state index contributed by atoms with van der Waals surface area (Å²) in [7, 11) is 1.58. The number of aliphatic hydroxyl groups is 1. The van der Waals surface area contributed by atoms with Crippen LogP contribution in [0.3, 0.4) is 0 Å². The third kappa shape index (κ3) is 2.87. The summed E-state index contributed by atoms with van der Waals surface area (Å²) in [6, 6.07) is 11.7. The minimum absolute atomic E-state index is 0.537. The van der Waals surface area contributed by atoms with E-state index in [-0.39, 0.29) is 0 Å². The van der Waals surface area contributed by atoms with Crippen molar-refractivity contribution in [1.29, 1.82) is 0 Å². The van der Waals surface area contributed by atoms with Crippen molar-refractivity contribution in [3.63, 3.8) is 0 Å². The van der Waals surface area contributed by atoms with Gasteiger partial charge in [0.05, 0.1) is 13.2 Å². The van der Waals surface area contributed by atoms with Crippen molar-refractivity contribution in [3.05, 3.63) is 59.3 Å². The second-order valence-electron chi connectivity index (χ2n) is 4.28. The summed E-state index contributed by atoms with van der Waals surface area (Å²) in [4.78, 5) is 4.10. The van der Waals surface area contributed by atoms with Crippen LogP contribution in [0.2, 0.25) is 0 Å². The zero-order valence-corrected chi connectivity index (χ0v) is 10.6. The Kier molecular flexibility index (Phi) is 3.95. The normalized spacial score (nSPS) is 12.2. The molecule has 18 heavy (non-hydrogen) atoms. The number of hydrogen-bond acceptors (Lipinski definition) is 3. The van der Waals surface area contributed by atoms with Crippen molar-refractivity contribution >= 4 is 0 Å². The predicted octanol–water partition coefficient (Wildman–Crippen LogP) is 2.67. The van der Waals surface area contributed by atoms with Crippen LogP contribution in [0.25, 0.3) is 0 Å². The van der Waals surface area contributed by atoms with Gasteiger partial charge in [0, 0.05) is 18.7 Å². The van der Waals surface area contributed by atoms with Crippen LogP contribution in [-0.4, -0.2) is 17.2 Å². The fourth-order valence-corrected chi connectivity index (χ4v) is 1.87. The standard InChI is InChI=1S/C15H17NO2/c1-11-5-3-4-6-12(11)9-14(17)13-7-8-15(18-2)16-10-13/h3-8,10,14,17H,9H2,1-2H3. The summed E-state index contributed by atoms with van der Waals surface area (Å²) in [5.41, 5.74) is 3.15. The molecule has 0 bridgehead atoms. The van der Waals surface area contributed by atoms with Gasteiger partial charge in [-0.2, -0.15) is 0 Å². The Bertz CT molecular complexity index is 508. The van der Waals surface area contributed by atoms with Crippen molar-refractivity contribution in [2.75, 3.05) is 7.11 Å². The lowest BCUT2D eigenvalue weighted by Crippen LogP contribution is -2.03. The molecule has 0 aliphatic heterocycles. The number of aromatic nitrogens is 1. The van der Waals surface area contributed by atoms with Crippen molar-refractivity contribution in [1.82, 2.24) is 4.98 Å². The smallest absolute Gasteiger partial charge is 0.212 e. The van der Waals surface area contributed by atoms with Crippen LogP contribution in [0.1, 0.15) is 22.8 Å². The van der Waals surface area contributed by atoms with Gasteiger partial charge in [-0.25, -0.2) is 4.98 Å². The van der Waals surface area contributed by atoms with Crippen LogP contribution in [0.15, 0.2) is 42.6 Å². The molecular formula is C15H17NO2. The molecule has 0 fully saturated rings. The van der Waals surface area contributed by atoms with Gasteiger partial charge >= 0.3 is 0 Å². The van der Waals surface area contributed by atoms with Crippen molar-refractivity contribution < 1.29 is 9.84 Å². The van der Waals surface area contributed by atoms with E-state index < -0.39 is 6.10 Å². The maximum Gasteiger partial charge on any atom is 0.212 e. The van der Waals surface area contributed by atoms with Crippen molar-refractivity contribution in [2.45, 2.75) is 19.4 Å². The first-order valence-corrected chi connectivity index (χ1v) is 5.93. The minimum Gasteiger partial charge on any atom is -0.481 e. The summed E-state index contributed by atoms with van der Waals surface area (Å²) >= 11 is 0. The summed E-state index contributed by atoms with van der Waals surface area (Å²) in [6.07, 6.45) is 1.71. The lowest BCUT2D eigenvalue weighted by molar-refractivity contribution is 0.177. The van der Waals surface area contributed by atoms with E-state index in [0.29, 0.717) is 12.3 Å². The molecule has 1 aromatic heterocycles. The first-order chi connectivity index (χ1) is 8.70. The SMILES string of the molecule is COc1ccc(C(O)Cc2ccccc2C)cn1. The van der Waals surface area contributed by atoms with Gasteiger partial charge < -0.3 is 9.84 Å². The largest absolute Gasteiger partial charge is 0.481 e. The molecule has 0 amide bonds. The Balaban J connectivity index is 2.11. The highest BCUT2D eigenvalue weighted by Crippen LogP contribution is 2.20. The molecule has 0 aliphatic rings. The zero-order valence-electron chi connectivity index (χ0n) is 10.6. The van der Waals surface area contributed by atoms with Gasteiger partial charge in [-0.15, -0.1) is 0 Å². The van der Waals surface area contributed by atoms with Crippen molar-refractivity contribution in [3.8, 4) is 5.88 Å². The maximum atomic E-state index is 10.2. The molecular weight excluding hydrogens is 226 g/mol. The molecule has 0 spiro atoms. The van der Waals surface area contributed by atoms with Crippen LogP contribution in [0.5, 0.6) is 5.88 Å². The first kappa shape index (κ1) is 12.6. The molecule has 1 N–H and O–H groups in total. The average Bonchev–Trinajstić information content (AvgIpc) is 2.41. The molecule has 3 nitrogen and oxygen atoms in total. The van der Waals surface area contributed by atoms with Gasteiger partial charge in [0.2, 0.25) is 5.88 Å². The lowest BCUT2D eigenvalue weighted by Gasteiger charge is -2.12. The second-order valence-corrected chi connectivity index (χ2v) is 4.28. The topological polar surface area (TPSA) is 42.4 Å². The van der Waals surface area contributed by atoms with Gasteiger partial charge in [-0.1, -0.05) is 24.3 Å². The molecule has 2 aromatic rings. The number of pyridine rings is 1. The number of aliphatic hydroxyl groups excluding tert-OH is 1. The van der Waals surface area contributed by atoms with Gasteiger partial charge in [0.1, 0.15) is 0 Å². The summed E-state index contributed by atoms with van der Waals surface area (Å²) in [6.45, 7) is 2.05. The fourth-order valence-electron chi connectivity index (χ4n) is 1.87. The van der Waals surface area contributed by atoms with E-state index in [9.17, 15) is 5.11 Å². The molecule has 2 rings (SSSR count). The molecule has 0 saturated heterocycles. The molecule has 0 saturated carbocycles. The fraction of sp³-hybridized carbons (Fsp3) is 0.267. The molecule has 1 unspecified atom stereocenters. The zero-order chi connectivity index (χ0) is 13.0. The molecule has 0 aliphatic carbocycles. The predicted molar refractivity (Wildman–Crippen MR) is 70.6 cm³/mol.